The number of carbonyl (C=O) groups excluding carboxylic acids is 1. The van der Waals surface area contributed by atoms with Gasteiger partial charge in [0.1, 0.15) is 0 Å². The fraction of sp³-hybridized carbons (Fsp3) is 0.649. The molecule has 1 saturated heterocycles. The van der Waals surface area contributed by atoms with Gasteiger partial charge in [-0.05, 0) is 92.7 Å². The molecule has 0 unspecified atom stereocenters. The van der Waals surface area contributed by atoms with E-state index in [0.29, 0.717) is 38.3 Å². The number of benzene rings is 2. The predicted octanol–water partition coefficient (Wildman–Crippen LogP) is 6.12. The van der Waals surface area contributed by atoms with Crippen LogP contribution in [0.3, 0.4) is 0 Å². The minimum absolute atomic E-state index is 0.0386. The van der Waals surface area contributed by atoms with Crippen molar-refractivity contribution in [3.8, 4) is 11.5 Å². The van der Waals surface area contributed by atoms with Gasteiger partial charge < -0.3 is 35.3 Å². The van der Waals surface area contributed by atoms with Crippen molar-refractivity contribution in [2.45, 2.75) is 97.2 Å². The average Bonchev–Trinajstić information content (AvgIpc) is 3.04. The number of anilines is 1. The number of hydrogen-bond donors (Lipinski definition) is 3. The molecule has 2 aromatic rings. The van der Waals surface area contributed by atoms with Gasteiger partial charge in [-0.3, -0.25) is 4.79 Å². The third-order valence-corrected chi connectivity index (χ3v) is 9.31. The fourth-order valence-electron chi connectivity index (χ4n) is 6.29. The third-order valence-electron chi connectivity index (χ3n) is 9.31. The van der Waals surface area contributed by atoms with Crippen LogP contribution in [0, 0.1) is 17.8 Å². The maximum Gasteiger partial charge on any atom is 0.223 e. The Balaban J connectivity index is 1.56. The second-order valence-electron chi connectivity index (χ2n) is 13.4. The van der Waals surface area contributed by atoms with E-state index < -0.39 is 11.6 Å². The van der Waals surface area contributed by atoms with Crippen LogP contribution in [-0.4, -0.2) is 63.2 Å². The zero-order valence-electron chi connectivity index (χ0n) is 28.6. The van der Waals surface area contributed by atoms with Crippen LogP contribution >= 0.6 is 0 Å². The first-order valence-corrected chi connectivity index (χ1v) is 16.9. The van der Waals surface area contributed by atoms with Gasteiger partial charge >= 0.3 is 0 Å². The maximum absolute atomic E-state index is 13.3. The Labute approximate surface area is 272 Å². The van der Waals surface area contributed by atoms with Gasteiger partial charge in [0.15, 0.2) is 11.5 Å². The molecule has 3 rings (SSSR count). The number of carbonyl (C=O) groups is 1. The largest absolute Gasteiger partial charge is 0.493 e. The van der Waals surface area contributed by atoms with Crippen LogP contribution in [0.1, 0.15) is 83.8 Å². The number of nitrogens with one attached hydrogen (secondary N) is 1. The van der Waals surface area contributed by atoms with Gasteiger partial charge in [0.25, 0.3) is 0 Å². The van der Waals surface area contributed by atoms with Crippen molar-refractivity contribution in [2.75, 3.05) is 45.4 Å². The van der Waals surface area contributed by atoms with Crippen molar-refractivity contribution in [1.29, 1.82) is 0 Å². The summed E-state index contributed by atoms with van der Waals surface area (Å²) >= 11 is 0. The van der Waals surface area contributed by atoms with Crippen LogP contribution in [0.15, 0.2) is 42.5 Å². The van der Waals surface area contributed by atoms with E-state index in [-0.39, 0.29) is 23.7 Å². The summed E-state index contributed by atoms with van der Waals surface area (Å²) in [6, 6.07) is 14.6. The van der Waals surface area contributed by atoms with Gasteiger partial charge in [-0.25, -0.2) is 0 Å². The maximum atomic E-state index is 13.3. The van der Waals surface area contributed by atoms with E-state index in [1.54, 1.807) is 14.2 Å². The highest BCUT2D eigenvalue weighted by Crippen LogP contribution is 2.32. The quantitative estimate of drug-likeness (QED) is 0.162. The molecule has 45 heavy (non-hydrogen) atoms. The summed E-state index contributed by atoms with van der Waals surface area (Å²) < 4.78 is 16.6. The Morgan fingerprint density at radius 2 is 1.71 bits per heavy atom. The molecule has 0 saturated carbocycles. The standard InChI is InChI=1S/C37H59N3O5/c1-7-28(22-30-14-17-33(44-6)34(23-30)45-21-11-20-43-5)25-37(4,38)35(41)24-32(27(2)3)36(42)39-26-29-12-15-31(16-13-29)40-18-9-8-10-19-40/h12-17,23,27-28,32,35,41H,7-11,18-22,24-26,38H2,1-6H3,(H,39,42)/t28-,32-,35-,37-/m0/s1. The van der Waals surface area contributed by atoms with Crippen LogP contribution < -0.4 is 25.4 Å². The van der Waals surface area contributed by atoms with Crippen molar-refractivity contribution < 1.29 is 24.1 Å². The van der Waals surface area contributed by atoms with Crippen LogP contribution in [0.2, 0.25) is 0 Å². The van der Waals surface area contributed by atoms with E-state index in [0.717, 1.165) is 49.2 Å². The van der Waals surface area contributed by atoms with Gasteiger partial charge in [-0.1, -0.05) is 45.4 Å². The SMILES string of the molecule is CC[C@@H](Cc1ccc(OC)c(OCCCOC)c1)C[C@](C)(N)[C@@H](O)C[C@H](C(=O)NCc1ccc(N2CCCCC2)cc1)C(C)C. The Hall–Kier alpha value is -2.81. The topological polar surface area (TPSA) is 106 Å². The molecule has 4 N–H and O–H groups in total. The van der Waals surface area contributed by atoms with Crippen LogP contribution in [-0.2, 0) is 22.5 Å². The van der Waals surface area contributed by atoms with Crippen molar-refractivity contribution in [3.63, 3.8) is 0 Å². The molecule has 1 aliphatic heterocycles. The van der Waals surface area contributed by atoms with Crippen molar-refractivity contribution in [2.24, 2.45) is 23.5 Å². The third kappa shape index (κ3) is 11.5. The van der Waals surface area contributed by atoms with Crippen molar-refractivity contribution in [3.05, 3.63) is 53.6 Å². The molecule has 0 aliphatic carbocycles. The molecule has 0 bridgehead atoms. The molecular formula is C37H59N3O5. The molecule has 0 aromatic heterocycles. The van der Waals surface area contributed by atoms with Gasteiger partial charge in [-0.2, -0.15) is 0 Å². The molecule has 1 heterocycles. The highest BCUT2D eigenvalue weighted by atomic mass is 16.5. The number of amides is 1. The number of nitrogens with two attached hydrogens (primary N) is 1. The number of methoxy groups -OCH3 is 2. The average molecular weight is 626 g/mol. The van der Waals surface area contributed by atoms with Gasteiger partial charge in [-0.15, -0.1) is 0 Å². The molecule has 0 radical (unpaired) electrons. The van der Waals surface area contributed by atoms with E-state index >= 15 is 0 Å². The fourth-order valence-corrected chi connectivity index (χ4v) is 6.29. The first kappa shape index (κ1) is 36.7. The lowest BCUT2D eigenvalue weighted by atomic mass is 9.77. The van der Waals surface area contributed by atoms with Gasteiger partial charge in [0, 0.05) is 56.9 Å². The highest BCUT2D eigenvalue weighted by molar-refractivity contribution is 5.79. The summed E-state index contributed by atoms with van der Waals surface area (Å²) in [4.78, 5) is 15.8. The number of aliphatic hydroxyl groups is 1. The first-order chi connectivity index (χ1) is 21.6. The van der Waals surface area contributed by atoms with Gasteiger partial charge in [0.05, 0.1) is 19.8 Å². The highest BCUT2D eigenvalue weighted by Gasteiger charge is 2.35. The molecule has 252 valence electrons. The molecule has 2 aromatic carbocycles. The van der Waals surface area contributed by atoms with Gasteiger partial charge in [0.2, 0.25) is 5.91 Å². The Kier molecular flexibility index (Phi) is 15.0. The van der Waals surface area contributed by atoms with Crippen molar-refractivity contribution in [1.82, 2.24) is 5.32 Å². The Morgan fingerprint density at radius 1 is 1.02 bits per heavy atom. The van der Waals surface area contributed by atoms with E-state index in [9.17, 15) is 9.90 Å². The second kappa shape index (κ2) is 18.4. The number of rotatable bonds is 19. The summed E-state index contributed by atoms with van der Waals surface area (Å²) in [6.07, 6.45) is 6.46. The summed E-state index contributed by atoms with van der Waals surface area (Å²) in [7, 11) is 3.33. The molecule has 1 amide bonds. The van der Waals surface area contributed by atoms with E-state index in [1.807, 2.05) is 32.9 Å². The van der Waals surface area contributed by atoms with Crippen LogP contribution in [0.25, 0.3) is 0 Å². The normalized spacial score (nSPS) is 17.0. The van der Waals surface area contributed by atoms with E-state index in [1.165, 1.54) is 24.9 Å². The zero-order chi connectivity index (χ0) is 32.8. The lowest BCUT2D eigenvalue weighted by molar-refractivity contribution is -0.128. The molecule has 4 atom stereocenters. The summed E-state index contributed by atoms with van der Waals surface area (Å²) in [6.45, 7) is 12.0. The minimum Gasteiger partial charge on any atom is -0.493 e. The summed E-state index contributed by atoms with van der Waals surface area (Å²) in [5.74, 6) is 1.37. The number of aliphatic hydroxyl groups excluding tert-OH is 1. The Bertz CT molecular complexity index is 1150. The molecule has 8 heteroatoms. The molecule has 1 fully saturated rings. The predicted molar refractivity (Wildman–Crippen MR) is 183 cm³/mol. The number of piperidine rings is 1. The van der Waals surface area contributed by atoms with Crippen LogP contribution in [0.5, 0.6) is 11.5 Å². The lowest BCUT2D eigenvalue weighted by Crippen LogP contribution is -2.51. The van der Waals surface area contributed by atoms with E-state index in [4.69, 9.17) is 19.9 Å². The molecular weight excluding hydrogens is 566 g/mol. The molecule has 1 aliphatic rings. The van der Waals surface area contributed by atoms with Crippen LogP contribution in [0.4, 0.5) is 5.69 Å². The number of ether oxygens (including phenoxy) is 3. The second-order valence-corrected chi connectivity index (χ2v) is 13.4. The van der Waals surface area contributed by atoms with Crippen molar-refractivity contribution >= 4 is 11.6 Å². The summed E-state index contributed by atoms with van der Waals surface area (Å²) in [5.41, 5.74) is 9.42. The van der Waals surface area contributed by atoms with E-state index in [2.05, 4.69) is 47.5 Å². The molecule has 8 nitrogen and oxygen atoms in total. The zero-order valence-corrected chi connectivity index (χ0v) is 28.6. The molecule has 0 spiro atoms. The number of nitrogens with zero attached hydrogens (tertiary/aromatic N) is 1. The minimum atomic E-state index is -0.843. The summed E-state index contributed by atoms with van der Waals surface area (Å²) in [5, 5.41) is 14.5. The Morgan fingerprint density at radius 3 is 2.33 bits per heavy atom. The smallest absolute Gasteiger partial charge is 0.223 e. The first-order valence-electron chi connectivity index (χ1n) is 16.9. The number of hydrogen-bond acceptors (Lipinski definition) is 7. The lowest BCUT2D eigenvalue weighted by Gasteiger charge is -2.36. The monoisotopic (exact) mass is 625 g/mol.